The Morgan fingerprint density at radius 3 is 2.24 bits per heavy atom. The van der Waals surface area contributed by atoms with Gasteiger partial charge < -0.3 is 0 Å². The first-order chi connectivity index (χ1) is 9.72. The lowest BCUT2D eigenvalue weighted by Gasteiger charge is -2.14. The van der Waals surface area contributed by atoms with E-state index in [-0.39, 0.29) is 15.6 Å². The molecule has 6 heteroatoms. The van der Waals surface area contributed by atoms with E-state index in [0.29, 0.717) is 11.1 Å². The summed E-state index contributed by atoms with van der Waals surface area (Å²) in [5, 5.41) is -0.132. The first-order valence-corrected chi connectivity index (χ1v) is 8.13. The van der Waals surface area contributed by atoms with E-state index in [1.54, 1.807) is 26.0 Å². The number of sulfonamides is 1. The van der Waals surface area contributed by atoms with Gasteiger partial charge >= 0.3 is 0 Å². The average Bonchev–Trinajstić information content (AvgIpc) is 2.33. The summed E-state index contributed by atoms with van der Waals surface area (Å²) < 4.78 is 41.1. The van der Waals surface area contributed by atoms with E-state index >= 15 is 0 Å². The standard InChI is InChI=1S/C15H15ClFNO2S/c1-9-7-10(2)15(11(3)8-9)21(19,20)18-13-6-4-5-12(16)14(13)17/h4-8,18H,1-3H3. The summed E-state index contributed by atoms with van der Waals surface area (Å²) in [5.74, 6) is -0.787. The second-order valence-corrected chi connectivity index (χ2v) is 6.96. The van der Waals surface area contributed by atoms with Gasteiger partial charge in [0.05, 0.1) is 15.6 Å². The summed E-state index contributed by atoms with van der Waals surface area (Å²) in [4.78, 5) is 0.160. The van der Waals surface area contributed by atoms with Crippen molar-refractivity contribution >= 4 is 27.3 Å². The Hall–Kier alpha value is -1.59. The van der Waals surface area contributed by atoms with E-state index in [1.165, 1.54) is 18.2 Å². The van der Waals surface area contributed by atoms with Gasteiger partial charge in [-0.1, -0.05) is 35.4 Å². The van der Waals surface area contributed by atoms with E-state index in [9.17, 15) is 12.8 Å². The minimum atomic E-state index is -3.88. The van der Waals surface area contributed by atoms with Gasteiger partial charge in [-0.15, -0.1) is 0 Å². The smallest absolute Gasteiger partial charge is 0.262 e. The van der Waals surface area contributed by atoms with Crippen LogP contribution in [0.25, 0.3) is 0 Å². The van der Waals surface area contributed by atoms with Gasteiger partial charge in [0.25, 0.3) is 10.0 Å². The zero-order valence-electron chi connectivity index (χ0n) is 11.9. The van der Waals surface area contributed by atoms with E-state index in [4.69, 9.17) is 11.6 Å². The van der Waals surface area contributed by atoms with Crippen molar-refractivity contribution in [1.82, 2.24) is 0 Å². The van der Waals surface area contributed by atoms with E-state index in [0.717, 1.165) is 5.56 Å². The number of halogens is 2. The number of aryl methyl sites for hydroxylation is 3. The molecule has 0 saturated heterocycles. The van der Waals surface area contributed by atoms with Crippen LogP contribution in [0.1, 0.15) is 16.7 Å². The lowest BCUT2D eigenvalue weighted by Crippen LogP contribution is -2.16. The molecule has 0 aliphatic heterocycles. The van der Waals surface area contributed by atoms with Gasteiger partial charge in [-0.05, 0) is 44.0 Å². The first kappa shape index (κ1) is 15.8. The summed E-state index contributed by atoms with van der Waals surface area (Å²) in [6.07, 6.45) is 0. The average molecular weight is 328 g/mol. The fraction of sp³-hybridized carbons (Fsp3) is 0.200. The van der Waals surface area contributed by atoms with E-state index < -0.39 is 15.8 Å². The van der Waals surface area contributed by atoms with Crippen LogP contribution >= 0.6 is 11.6 Å². The van der Waals surface area contributed by atoms with Crippen LogP contribution in [0.5, 0.6) is 0 Å². The van der Waals surface area contributed by atoms with Gasteiger partial charge in [0, 0.05) is 0 Å². The minimum absolute atomic E-state index is 0.132. The molecule has 0 fully saturated rings. The monoisotopic (exact) mass is 327 g/mol. The van der Waals surface area contributed by atoms with Crippen molar-refractivity contribution in [3.63, 3.8) is 0 Å². The molecule has 0 aromatic heterocycles. The van der Waals surface area contributed by atoms with Crippen molar-refractivity contribution in [2.75, 3.05) is 4.72 Å². The molecular formula is C15H15ClFNO2S. The van der Waals surface area contributed by atoms with E-state index in [1.807, 2.05) is 6.92 Å². The van der Waals surface area contributed by atoms with Crippen molar-refractivity contribution in [3.05, 3.63) is 57.9 Å². The molecule has 0 aliphatic carbocycles. The van der Waals surface area contributed by atoms with Crippen molar-refractivity contribution in [1.29, 1.82) is 0 Å². The normalized spacial score (nSPS) is 11.5. The Labute approximate surface area is 128 Å². The highest BCUT2D eigenvalue weighted by Gasteiger charge is 2.21. The highest BCUT2D eigenvalue weighted by molar-refractivity contribution is 7.92. The van der Waals surface area contributed by atoms with Gasteiger partial charge in [-0.25, -0.2) is 12.8 Å². The molecule has 0 spiro atoms. The molecular weight excluding hydrogens is 313 g/mol. The van der Waals surface area contributed by atoms with Crippen LogP contribution < -0.4 is 4.72 Å². The molecule has 0 unspecified atom stereocenters. The van der Waals surface area contributed by atoms with Crippen LogP contribution in [0.3, 0.4) is 0 Å². The molecule has 112 valence electrons. The van der Waals surface area contributed by atoms with Crippen LogP contribution in [0.15, 0.2) is 35.2 Å². The Balaban J connectivity index is 2.51. The van der Waals surface area contributed by atoms with Crippen molar-refractivity contribution in [2.24, 2.45) is 0 Å². The molecule has 0 heterocycles. The number of rotatable bonds is 3. The van der Waals surface area contributed by atoms with Crippen molar-refractivity contribution in [3.8, 4) is 0 Å². The summed E-state index contributed by atoms with van der Waals surface area (Å²) in [6, 6.07) is 7.72. The molecule has 0 radical (unpaired) electrons. The Morgan fingerprint density at radius 2 is 1.67 bits per heavy atom. The lowest BCUT2D eigenvalue weighted by molar-refractivity contribution is 0.597. The molecule has 0 aliphatic rings. The van der Waals surface area contributed by atoms with Gasteiger partial charge in [0.2, 0.25) is 0 Å². The summed E-state index contributed by atoms with van der Waals surface area (Å²) >= 11 is 5.66. The van der Waals surface area contributed by atoms with Gasteiger partial charge in [0.15, 0.2) is 5.82 Å². The third-order valence-corrected chi connectivity index (χ3v) is 5.03. The Morgan fingerprint density at radius 1 is 1.10 bits per heavy atom. The predicted molar refractivity (Wildman–Crippen MR) is 82.9 cm³/mol. The molecule has 0 amide bonds. The topological polar surface area (TPSA) is 46.2 Å². The number of nitrogens with one attached hydrogen (secondary N) is 1. The van der Waals surface area contributed by atoms with Crippen LogP contribution in [-0.2, 0) is 10.0 Å². The number of hydrogen-bond donors (Lipinski definition) is 1. The quantitative estimate of drug-likeness (QED) is 0.918. The molecule has 2 aromatic rings. The van der Waals surface area contributed by atoms with Crippen molar-refractivity contribution in [2.45, 2.75) is 25.7 Å². The highest BCUT2D eigenvalue weighted by atomic mass is 35.5. The van der Waals surface area contributed by atoms with Crippen LogP contribution in [0.4, 0.5) is 10.1 Å². The summed E-state index contributed by atoms with van der Waals surface area (Å²) in [5.41, 5.74) is 2.03. The fourth-order valence-electron chi connectivity index (χ4n) is 2.37. The Bertz CT molecular complexity index is 780. The van der Waals surface area contributed by atoms with Gasteiger partial charge in [0.1, 0.15) is 0 Å². The fourth-order valence-corrected chi connectivity index (χ4v) is 4.06. The maximum absolute atomic E-state index is 13.9. The van der Waals surface area contributed by atoms with Gasteiger partial charge in [-0.3, -0.25) is 4.72 Å². The lowest BCUT2D eigenvalue weighted by atomic mass is 10.1. The van der Waals surface area contributed by atoms with Crippen LogP contribution in [0, 0.1) is 26.6 Å². The predicted octanol–water partition coefficient (Wildman–Crippen LogP) is 4.21. The van der Waals surface area contributed by atoms with Crippen LogP contribution in [0.2, 0.25) is 5.02 Å². The third-order valence-electron chi connectivity index (χ3n) is 3.07. The number of benzene rings is 2. The summed E-state index contributed by atoms with van der Waals surface area (Å²) in [6.45, 7) is 5.31. The zero-order chi connectivity index (χ0) is 15.8. The minimum Gasteiger partial charge on any atom is -0.277 e. The largest absolute Gasteiger partial charge is 0.277 e. The Kier molecular flexibility index (Phi) is 4.25. The number of hydrogen-bond acceptors (Lipinski definition) is 2. The zero-order valence-corrected chi connectivity index (χ0v) is 13.4. The second-order valence-electron chi connectivity index (χ2n) is 4.93. The second kappa shape index (κ2) is 5.66. The molecule has 2 aromatic carbocycles. The first-order valence-electron chi connectivity index (χ1n) is 6.27. The molecule has 2 rings (SSSR count). The van der Waals surface area contributed by atoms with Crippen molar-refractivity contribution < 1.29 is 12.8 Å². The van der Waals surface area contributed by atoms with E-state index in [2.05, 4.69) is 4.72 Å². The molecule has 0 atom stereocenters. The third kappa shape index (κ3) is 3.19. The van der Waals surface area contributed by atoms with Gasteiger partial charge in [-0.2, -0.15) is 0 Å². The highest BCUT2D eigenvalue weighted by Crippen LogP contribution is 2.27. The molecule has 1 N–H and O–H groups in total. The molecule has 0 bridgehead atoms. The SMILES string of the molecule is Cc1cc(C)c(S(=O)(=O)Nc2cccc(Cl)c2F)c(C)c1. The maximum Gasteiger partial charge on any atom is 0.262 e. The maximum atomic E-state index is 13.9. The number of anilines is 1. The summed E-state index contributed by atoms with van der Waals surface area (Å²) in [7, 11) is -3.88. The molecule has 0 saturated carbocycles. The van der Waals surface area contributed by atoms with Crippen LogP contribution in [-0.4, -0.2) is 8.42 Å². The molecule has 3 nitrogen and oxygen atoms in total. The molecule has 21 heavy (non-hydrogen) atoms.